The molecule has 112 valence electrons. The number of pyridine rings is 1. The van der Waals surface area contributed by atoms with Crippen molar-refractivity contribution >= 4 is 0 Å². The Hall–Kier alpha value is -1.13. The molecule has 1 aromatic rings. The molecule has 0 saturated heterocycles. The summed E-state index contributed by atoms with van der Waals surface area (Å²) in [6.07, 6.45) is 8.36. The third-order valence-electron chi connectivity index (χ3n) is 4.08. The second-order valence-electron chi connectivity index (χ2n) is 5.31. The topological polar surface area (TPSA) is 43.4 Å². The van der Waals surface area contributed by atoms with Gasteiger partial charge in [-0.15, -0.1) is 0 Å². The third kappa shape index (κ3) is 3.13. The maximum atomic E-state index is 6.17. The largest absolute Gasteiger partial charge is 0.492 e. The lowest BCUT2D eigenvalue weighted by Crippen LogP contribution is -2.43. The molecule has 4 heteroatoms. The maximum absolute atomic E-state index is 6.17. The van der Waals surface area contributed by atoms with Crippen LogP contribution in [0.5, 0.6) is 5.75 Å². The Morgan fingerprint density at radius 2 is 2.00 bits per heavy atom. The van der Waals surface area contributed by atoms with Crippen molar-refractivity contribution in [3.05, 3.63) is 24.0 Å². The molecule has 1 heterocycles. The first-order chi connectivity index (χ1) is 9.75. The first-order valence-corrected chi connectivity index (χ1v) is 7.64. The first-order valence-electron chi connectivity index (χ1n) is 7.64. The molecule has 1 unspecified atom stereocenters. The van der Waals surface area contributed by atoms with E-state index in [0.717, 1.165) is 30.8 Å². The lowest BCUT2D eigenvalue weighted by molar-refractivity contribution is -0.0611. The van der Waals surface area contributed by atoms with Gasteiger partial charge in [-0.3, -0.25) is 4.98 Å². The van der Waals surface area contributed by atoms with Crippen molar-refractivity contribution in [1.29, 1.82) is 0 Å². The Morgan fingerprint density at radius 3 is 2.60 bits per heavy atom. The molecule has 0 aromatic carbocycles. The second kappa shape index (κ2) is 7.04. The zero-order chi connectivity index (χ0) is 14.4. The molecule has 0 bridgehead atoms. The zero-order valence-corrected chi connectivity index (χ0v) is 12.8. The summed E-state index contributed by atoms with van der Waals surface area (Å²) in [4.78, 5) is 4.31. The van der Waals surface area contributed by atoms with Gasteiger partial charge in [-0.1, -0.05) is 12.8 Å². The van der Waals surface area contributed by atoms with Crippen LogP contribution >= 0.6 is 0 Å². The molecule has 1 aliphatic rings. The summed E-state index contributed by atoms with van der Waals surface area (Å²) in [5, 5.41) is 3.43. The summed E-state index contributed by atoms with van der Waals surface area (Å²) in [6.45, 7) is 5.46. The molecule has 1 fully saturated rings. The molecule has 1 aromatic heterocycles. The van der Waals surface area contributed by atoms with Crippen molar-refractivity contribution in [3.8, 4) is 5.75 Å². The van der Waals surface area contributed by atoms with Crippen molar-refractivity contribution in [2.75, 3.05) is 20.3 Å². The average molecular weight is 278 g/mol. The minimum atomic E-state index is -0.101. The lowest BCUT2D eigenvalue weighted by Gasteiger charge is -2.37. The molecule has 0 aliphatic heterocycles. The van der Waals surface area contributed by atoms with Crippen LogP contribution in [0.25, 0.3) is 0 Å². The number of nitrogens with one attached hydrogen (secondary N) is 1. The summed E-state index contributed by atoms with van der Waals surface area (Å²) >= 11 is 0. The molecule has 0 spiro atoms. The van der Waals surface area contributed by atoms with Crippen LogP contribution in [-0.4, -0.2) is 30.8 Å². The van der Waals surface area contributed by atoms with Gasteiger partial charge < -0.3 is 14.8 Å². The number of hydrogen-bond acceptors (Lipinski definition) is 4. The molecule has 0 radical (unpaired) electrons. The second-order valence-corrected chi connectivity index (χ2v) is 5.31. The van der Waals surface area contributed by atoms with Crippen LogP contribution < -0.4 is 10.1 Å². The average Bonchev–Trinajstić information content (AvgIpc) is 2.90. The van der Waals surface area contributed by atoms with E-state index in [1.54, 1.807) is 6.20 Å². The Kier molecular flexibility index (Phi) is 5.38. The highest BCUT2D eigenvalue weighted by molar-refractivity contribution is 5.28. The highest BCUT2D eigenvalue weighted by atomic mass is 16.5. The van der Waals surface area contributed by atoms with Crippen LogP contribution in [0, 0.1) is 0 Å². The summed E-state index contributed by atoms with van der Waals surface area (Å²) in [5.41, 5.74) is 1.05. The molecule has 4 nitrogen and oxygen atoms in total. The maximum Gasteiger partial charge on any atom is 0.137 e. The molecule has 20 heavy (non-hydrogen) atoms. The summed E-state index contributed by atoms with van der Waals surface area (Å²) in [7, 11) is 2.00. The van der Waals surface area contributed by atoms with Gasteiger partial charge >= 0.3 is 0 Å². The van der Waals surface area contributed by atoms with E-state index in [1.807, 2.05) is 20.2 Å². The highest BCUT2D eigenvalue weighted by Crippen LogP contribution is 2.43. The van der Waals surface area contributed by atoms with Crippen LogP contribution in [0.15, 0.2) is 18.5 Å². The van der Waals surface area contributed by atoms with Gasteiger partial charge in [0.2, 0.25) is 0 Å². The van der Waals surface area contributed by atoms with Gasteiger partial charge in [0.1, 0.15) is 5.75 Å². The molecule has 1 atom stereocenters. The van der Waals surface area contributed by atoms with Crippen molar-refractivity contribution in [2.45, 2.75) is 51.2 Å². The van der Waals surface area contributed by atoms with Gasteiger partial charge in [0.15, 0.2) is 0 Å². The van der Waals surface area contributed by atoms with E-state index in [1.165, 1.54) is 12.8 Å². The summed E-state index contributed by atoms with van der Waals surface area (Å²) < 4.78 is 11.7. The van der Waals surface area contributed by atoms with Crippen molar-refractivity contribution in [1.82, 2.24) is 10.3 Å². The normalized spacial score (nSPS) is 18.9. The third-order valence-corrected chi connectivity index (χ3v) is 4.08. The monoisotopic (exact) mass is 278 g/mol. The molecule has 1 N–H and O–H groups in total. The minimum Gasteiger partial charge on any atom is -0.492 e. The molecular formula is C16H26N2O2. The fourth-order valence-electron chi connectivity index (χ4n) is 3.35. The van der Waals surface area contributed by atoms with E-state index in [2.05, 4.69) is 23.3 Å². The van der Waals surface area contributed by atoms with Gasteiger partial charge in [-0.05, 0) is 45.4 Å². The van der Waals surface area contributed by atoms with Crippen LogP contribution in [-0.2, 0) is 4.74 Å². The van der Waals surface area contributed by atoms with Crippen LogP contribution in [0.2, 0.25) is 0 Å². The fourth-order valence-corrected chi connectivity index (χ4v) is 3.35. The SMILES string of the molecule is CCOc1cncc(C(NC)C2(OCC)CCCC2)c1. The number of ether oxygens (including phenoxy) is 2. The Labute approximate surface area is 121 Å². The predicted octanol–water partition coefficient (Wildman–Crippen LogP) is 3.09. The molecule has 1 saturated carbocycles. The van der Waals surface area contributed by atoms with Crippen molar-refractivity contribution in [3.63, 3.8) is 0 Å². The predicted molar refractivity (Wildman–Crippen MR) is 80.0 cm³/mol. The van der Waals surface area contributed by atoms with E-state index < -0.39 is 0 Å². The van der Waals surface area contributed by atoms with E-state index in [0.29, 0.717) is 6.61 Å². The van der Waals surface area contributed by atoms with Gasteiger partial charge in [0.25, 0.3) is 0 Å². The van der Waals surface area contributed by atoms with Crippen LogP contribution in [0.4, 0.5) is 0 Å². The lowest BCUT2D eigenvalue weighted by atomic mass is 9.87. The van der Waals surface area contributed by atoms with E-state index >= 15 is 0 Å². The van der Waals surface area contributed by atoms with Gasteiger partial charge in [-0.2, -0.15) is 0 Å². The number of nitrogens with zero attached hydrogens (tertiary/aromatic N) is 1. The molecule has 1 aliphatic carbocycles. The quantitative estimate of drug-likeness (QED) is 0.832. The Morgan fingerprint density at radius 1 is 1.25 bits per heavy atom. The standard InChI is InChI=1S/C16H26N2O2/c1-4-19-14-10-13(11-18-12-14)15(17-3)16(20-5-2)8-6-7-9-16/h10-12,15,17H,4-9H2,1-3H3. The molecule has 2 rings (SSSR count). The van der Waals surface area contributed by atoms with E-state index in [9.17, 15) is 0 Å². The summed E-state index contributed by atoms with van der Waals surface area (Å²) in [5.74, 6) is 0.829. The van der Waals surface area contributed by atoms with Crippen molar-refractivity contribution < 1.29 is 9.47 Å². The molecular weight excluding hydrogens is 252 g/mol. The summed E-state index contributed by atoms with van der Waals surface area (Å²) in [6, 6.07) is 2.24. The Balaban J connectivity index is 2.28. The highest BCUT2D eigenvalue weighted by Gasteiger charge is 2.42. The van der Waals surface area contributed by atoms with E-state index in [-0.39, 0.29) is 11.6 Å². The van der Waals surface area contributed by atoms with Crippen molar-refractivity contribution in [2.24, 2.45) is 0 Å². The van der Waals surface area contributed by atoms with Crippen LogP contribution in [0.3, 0.4) is 0 Å². The Bertz CT molecular complexity index is 417. The number of rotatable bonds is 7. The fraction of sp³-hybridized carbons (Fsp3) is 0.688. The first kappa shape index (κ1) is 15.3. The zero-order valence-electron chi connectivity index (χ0n) is 12.8. The number of hydrogen-bond donors (Lipinski definition) is 1. The van der Waals surface area contributed by atoms with E-state index in [4.69, 9.17) is 9.47 Å². The minimum absolute atomic E-state index is 0.101. The van der Waals surface area contributed by atoms with Gasteiger partial charge in [-0.25, -0.2) is 0 Å². The van der Waals surface area contributed by atoms with Gasteiger partial charge in [0.05, 0.1) is 24.4 Å². The van der Waals surface area contributed by atoms with Crippen LogP contribution in [0.1, 0.15) is 51.1 Å². The smallest absolute Gasteiger partial charge is 0.137 e. The van der Waals surface area contributed by atoms with Gasteiger partial charge in [0, 0.05) is 12.8 Å². The number of likely N-dealkylation sites (N-methyl/N-ethyl adjacent to an activating group) is 1. The molecule has 0 amide bonds. The number of aromatic nitrogens is 1.